The zero-order valence-electron chi connectivity index (χ0n) is 11.3. The molecule has 0 spiro atoms. The Morgan fingerprint density at radius 3 is 2.38 bits per heavy atom. The van der Waals surface area contributed by atoms with E-state index in [0.717, 1.165) is 25.9 Å². The molecule has 1 saturated heterocycles. The standard InChI is InChI=1S/C13H26N2O/c1-12(2,3)13(4,5)9-15-11(16)10-7-6-8-14-10/h10,14H,6-9H2,1-5H3,(H,15,16). The molecule has 1 heterocycles. The average molecular weight is 226 g/mol. The van der Waals surface area contributed by atoms with E-state index in [2.05, 4.69) is 45.3 Å². The lowest BCUT2D eigenvalue weighted by atomic mass is 9.69. The van der Waals surface area contributed by atoms with Gasteiger partial charge in [0.2, 0.25) is 5.91 Å². The summed E-state index contributed by atoms with van der Waals surface area (Å²) in [6.07, 6.45) is 2.09. The van der Waals surface area contributed by atoms with Gasteiger partial charge >= 0.3 is 0 Å². The summed E-state index contributed by atoms with van der Waals surface area (Å²) in [4.78, 5) is 11.8. The monoisotopic (exact) mass is 226 g/mol. The molecular weight excluding hydrogens is 200 g/mol. The van der Waals surface area contributed by atoms with Crippen LogP contribution in [0.15, 0.2) is 0 Å². The van der Waals surface area contributed by atoms with E-state index in [1.165, 1.54) is 0 Å². The second-order valence-electron chi connectivity index (χ2n) is 6.50. The van der Waals surface area contributed by atoms with Crippen molar-refractivity contribution in [3.8, 4) is 0 Å². The Bertz CT molecular complexity index is 247. The van der Waals surface area contributed by atoms with Gasteiger partial charge in [-0.15, -0.1) is 0 Å². The molecule has 1 amide bonds. The predicted octanol–water partition coefficient (Wildman–Crippen LogP) is 1.93. The third-order valence-corrected chi connectivity index (χ3v) is 4.11. The maximum absolute atomic E-state index is 11.8. The highest BCUT2D eigenvalue weighted by molar-refractivity contribution is 5.82. The highest BCUT2D eigenvalue weighted by Crippen LogP contribution is 2.36. The van der Waals surface area contributed by atoms with E-state index in [-0.39, 0.29) is 22.8 Å². The minimum absolute atomic E-state index is 0.0377. The molecule has 1 atom stereocenters. The van der Waals surface area contributed by atoms with Gasteiger partial charge in [-0.3, -0.25) is 4.79 Å². The molecule has 1 fully saturated rings. The van der Waals surface area contributed by atoms with E-state index in [1.54, 1.807) is 0 Å². The molecule has 0 aliphatic carbocycles. The maximum Gasteiger partial charge on any atom is 0.237 e. The van der Waals surface area contributed by atoms with E-state index in [1.807, 2.05) is 0 Å². The number of hydrogen-bond acceptors (Lipinski definition) is 2. The van der Waals surface area contributed by atoms with E-state index in [9.17, 15) is 4.79 Å². The Balaban J connectivity index is 2.41. The van der Waals surface area contributed by atoms with Crippen LogP contribution in [0.25, 0.3) is 0 Å². The zero-order valence-corrected chi connectivity index (χ0v) is 11.3. The third kappa shape index (κ3) is 3.21. The Hall–Kier alpha value is -0.570. The molecule has 3 heteroatoms. The van der Waals surface area contributed by atoms with Gasteiger partial charge in [0.1, 0.15) is 0 Å². The molecule has 1 aliphatic rings. The summed E-state index contributed by atoms with van der Waals surface area (Å²) in [6, 6.07) is 0.0377. The molecule has 0 aromatic rings. The minimum atomic E-state index is 0.0377. The lowest BCUT2D eigenvalue weighted by molar-refractivity contribution is -0.123. The average Bonchev–Trinajstić information content (AvgIpc) is 2.65. The number of carbonyl (C=O) groups is 1. The molecule has 0 aromatic carbocycles. The van der Waals surface area contributed by atoms with Crippen molar-refractivity contribution in [3.05, 3.63) is 0 Å². The van der Waals surface area contributed by atoms with Crippen LogP contribution in [0.3, 0.4) is 0 Å². The smallest absolute Gasteiger partial charge is 0.237 e. The second-order valence-corrected chi connectivity index (χ2v) is 6.50. The van der Waals surface area contributed by atoms with Crippen LogP contribution in [0.1, 0.15) is 47.5 Å². The van der Waals surface area contributed by atoms with Crippen molar-refractivity contribution in [1.29, 1.82) is 0 Å². The Morgan fingerprint density at radius 2 is 1.94 bits per heavy atom. The first kappa shape index (κ1) is 13.5. The lowest BCUT2D eigenvalue weighted by Crippen LogP contribution is -2.47. The molecule has 0 bridgehead atoms. The van der Waals surface area contributed by atoms with Crippen LogP contribution in [0.2, 0.25) is 0 Å². The van der Waals surface area contributed by atoms with Gasteiger partial charge in [-0.25, -0.2) is 0 Å². The molecule has 0 aromatic heterocycles. The highest BCUT2D eigenvalue weighted by Gasteiger charge is 2.33. The number of hydrogen-bond donors (Lipinski definition) is 2. The molecular formula is C13H26N2O. The van der Waals surface area contributed by atoms with Crippen molar-refractivity contribution < 1.29 is 4.79 Å². The Kier molecular flexibility index (Phi) is 4.00. The molecule has 16 heavy (non-hydrogen) atoms. The summed E-state index contributed by atoms with van der Waals surface area (Å²) in [6.45, 7) is 12.8. The van der Waals surface area contributed by atoms with Gasteiger partial charge in [-0.05, 0) is 30.2 Å². The van der Waals surface area contributed by atoms with Crippen LogP contribution in [-0.2, 0) is 4.79 Å². The van der Waals surface area contributed by atoms with Crippen LogP contribution in [0.4, 0.5) is 0 Å². The van der Waals surface area contributed by atoms with E-state index >= 15 is 0 Å². The van der Waals surface area contributed by atoms with Crippen molar-refractivity contribution in [1.82, 2.24) is 10.6 Å². The summed E-state index contributed by atoms with van der Waals surface area (Å²) in [5.41, 5.74) is 0.310. The summed E-state index contributed by atoms with van der Waals surface area (Å²) in [5, 5.41) is 6.29. The summed E-state index contributed by atoms with van der Waals surface area (Å²) in [5.74, 6) is 0.162. The van der Waals surface area contributed by atoms with Gasteiger partial charge < -0.3 is 10.6 Å². The SMILES string of the molecule is CC(C)(C)C(C)(C)CNC(=O)C1CCCN1. The summed E-state index contributed by atoms with van der Waals surface area (Å²) < 4.78 is 0. The first-order valence-corrected chi connectivity index (χ1v) is 6.25. The van der Waals surface area contributed by atoms with Crippen LogP contribution in [0, 0.1) is 10.8 Å². The van der Waals surface area contributed by atoms with E-state index < -0.39 is 0 Å². The zero-order chi connectivity index (χ0) is 12.4. The fourth-order valence-electron chi connectivity index (χ4n) is 1.60. The highest BCUT2D eigenvalue weighted by atomic mass is 16.2. The fraction of sp³-hybridized carbons (Fsp3) is 0.923. The topological polar surface area (TPSA) is 41.1 Å². The van der Waals surface area contributed by atoms with Crippen LogP contribution in [0.5, 0.6) is 0 Å². The normalized spacial score (nSPS) is 22.2. The number of carbonyl (C=O) groups excluding carboxylic acids is 1. The molecule has 0 saturated carbocycles. The van der Waals surface area contributed by atoms with Crippen molar-refractivity contribution in [2.24, 2.45) is 10.8 Å². The molecule has 2 N–H and O–H groups in total. The quantitative estimate of drug-likeness (QED) is 0.772. The van der Waals surface area contributed by atoms with Gasteiger partial charge in [0.25, 0.3) is 0 Å². The number of amides is 1. The second kappa shape index (κ2) is 4.74. The van der Waals surface area contributed by atoms with Gasteiger partial charge in [-0.1, -0.05) is 34.6 Å². The summed E-state index contributed by atoms with van der Waals surface area (Å²) >= 11 is 0. The van der Waals surface area contributed by atoms with Crippen molar-refractivity contribution in [2.45, 2.75) is 53.5 Å². The molecule has 94 valence electrons. The van der Waals surface area contributed by atoms with E-state index in [4.69, 9.17) is 0 Å². The van der Waals surface area contributed by atoms with E-state index in [0.29, 0.717) is 0 Å². The third-order valence-electron chi connectivity index (χ3n) is 4.11. The van der Waals surface area contributed by atoms with Crippen LogP contribution >= 0.6 is 0 Å². The largest absolute Gasteiger partial charge is 0.354 e. The van der Waals surface area contributed by atoms with Gasteiger partial charge in [-0.2, -0.15) is 0 Å². The lowest BCUT2D eigenvalue weighted by Gasteiger charge is -2.39. The minimum Gasteiger partial charge on any atom is -0.354 e. The molecule has 1 aliphatic heterocycles. The van der Waals surface area contributed by atoms with Gasteiger partial charge in [0, 0.05) is 6.54 Å². The number of rotatable bonds is 3. The first-order valence-electron chi connectivity index (χ1n) is 6.25. The van der Waals surface area contributed by atoms with Crippen molar-refractivity contribution >= 4 is 5.91 Å². The van der Waals surface area contributed by atoms with Gasteiger partial charge in [0.15, 0.2) is 0 Å². The first-order chi connectivity index (χ1) is 7.24. The summed E-state index contributed by atoms with van der Waals surface area (Å²) in [7, 11) is 0. The maximum atomic E-state index is 11.8. The molecule has 1 rings (SSSR count). The van der Waals surface area contributed by atoms with Crippen LogP contribution < -0.4 is 10.6 Å². The van der Waals surface area contributed by atoms with Crippen LogP contribution in [-0.4, -0.2) is 25.0 Å². The predicted molar refractivity (Wildman–Crippen MR) is 67.3 cm³/mol. The molecule has 0 radical (unpaired) electrons. The molecule has 1 unspecified atom stereocenters. The number of nitrogens with one attached hydrogen (secondary N) is 2. The molecule has 3 nitrogen and oxygen atoms in total. The Labute approximate surface area is 99.4 Å². The van der Waals surface area contributed by atoms with Gasteiger partial charge in [0.05, 0.1) is 6.04 Å². The van der Waals surface area contributed by atoms with Crippen molar-refractivity contribution in [3.63, 3.8) is 0 Å². The Morgan fingerprint density at radius 1 is 1.31 bits per heavy atom. The van der Waals surface area contributed by atoms with Crippen molar-refractivity contribution in [2.75, 3.05) is 13.1 Å². The fourth-order valence-corrected chi connectivity index (χ4v) is 1.60.